The van der Waals surface area contributed by atoms with Gasteiger partial charge in [-0.2, -0.15) is 20.5 Å². The Bertz CT molecular complexity index is 1140. The fourth-order valence-corrected chi connectivity index (χ4v) is 5.90. The molecule has 0 spiro atoms. The Morgan fingerprint density at radius 1 is 1.15 bits per heavy atom. The molecule has 2 aromatic rings. The van der Waals surface area contributed by atoms with Crippen LogP contribution in [0.15, 0.2) is 42.5 Å². The van der Waals surface area contributed by atoms with Gasteiger partial charge in [-0.25, -0.2) is 4.79 Å². The number of halogens is 2. The Labute approximate surface area is 201 Å². The molecule has 0 aromatic heterocycles. The van der Waals surface area contributed by atoms with E-state index in [-0.39, 0.29) is 28.5 Å². The summed E-state index contributed by atoms with van der Waals surface area (Å²) >= 11 is 1.69. The van der Waals surface area contributed by atoms with Gasteiger partial charge >= 0.3 is 5.97 Å². The van der Waals surface area contributed by atoms with E-state index in [4.69, 9.17) is 4.74 Å². The number of nitrogens with one attached hydrogen (secondary N) is 1. The molecule has 0 saturated carbocycles. The normalized spacial score (nSPS) is 20.1. The van der Waals surface area contributed by atoms with Crippen LogP contribution in [-0.4, -0.2) is 59.4 Å². The van der Waals surface area contributed by atoms with Crippen molar-refractivity contribution >= 4 is 29.5 Å². The summed E-state index contributed by atoms with van der Waals surface area (Å²) in [6.45, 7) is 4.18. The molecular weight excluding hydrogens is 462 g/mol. The van der Waals surface area contributed by atoms with E-state index < -0.39 is 29.7 Å². The maximum Gasteiger partial charge on any atom is 0.328 e. The van der Waals surface area contributed by atoms with Gasteiger partial charge in [0.25, 0.3) is 11.8 Å². The molecule has 0 radical (unpaired) electrons. The maximum atomic E-state index is 14.7. The number of amides is 2. The highest BCUT2D eigenvalue weighted by atomic mass is 32.2. The lowest BCUT2D eigenvalue weighted by Crippen LogP contribution is -2.46. The minimum Gasteiger partial charge on any atom is -0.467 e. The number of fused-ring (bicyclic) bond motifs is 3. The zero-order valence-corrected chi connectivity index (χ0v) is 20.0. The van der Waals surface area contributed by atoms with E-state index >= 15 is 0 Å². The molecule has 180 valence electrons. The zero-order chi connectivity index (χ0) is 24.6. The van der Waals surface area contributed by atoms with Gasteiger partial charge in [-0.05, 0) is 34.9 Å². The first kappa shape index (κ1) is 24.2. The molecule has 34 heavy (non-hydrogen) atoms. The summed E-state index contributed by atoms with van der Waals surface area (Å²) in [5.74, 6) is -4.55. The molecule has 0 unspecified atom stereocenters. The molecule has 2 aliphatic rings. The number of likely N-dealkylation sites (tertiary alicyclic amines) is 1. The number of ether oxygens (including phenoxy) is 1. The topological polar surface area (TPSA) is 75.7 Å². The van der Waals surface area contributed by atoms with Crippen LogP contribution in [0.3, 0.4) is 0 Å². The van der Waals surface area contributed by atoms with E-state index in [0.717, 1.165) is 0 Å². The molecule has 4 rings (SSSR count). The smallest absolute Gasteiger partial charge is 0.328 e. The molecule has 2 atom stereocenters. The first-order valence-electron chi connectivity index (χ1n) is 11.1. The summed E-state index contributed by atoms with van der Waals surface area (Å²) in [4.78, 5) is 39.3. The van der Waals surface area contributed by atoms with Crippen molar-refractivity contribution in [1.29, 1.82) is 0 Å². The second-order valence-corrected chi connectivity index (χ2v) is 10.6. The molecule has 1 N–H and O–H groups in total. The fourth-order valence-electron chi connectivity index (χ4n) is 4.59. The summed E-state index contributed by atoms with van der Waals surface area (Å²) in [5, 5.41) is 3.01. The van der Waals surface area contributed by atoms with Gasteiger partial charge in [-0.1, -0.05) is 44.2 Å². The number of carbonyl (C=O) groups excluding carboxylic acids is 3. The molecule has 2 aromatic carbocycles. The quantitative estimate of drug-likeness (QED) is 0.626. The third-order valence-corrected chi connectivity index (χ3v) is 7.37. The summed E-state index contributed by atoms with van der Waals surface area (Å²) in [6.07, 6.45) is 0.494. The molecule has 1 aliphatic heterocycles. The Hall–Kier alpha value is -2.94. The number of hydrogen-bond acceptors (Lipinski definition) is 5. The second kappa shape index (κ2) is 9.37. The largest absolute Gasteiger partial charge is 0.467 e. The highest BCUT2D eigenvalue weighted by molar-refractivity contribution is 8.00. The molecule has 1 saturated heterocycles. The average molecular weight is 489 g/mol. The summed E-state index contributed by atoms with van der Waals surface area (Å²) in [6, 6.07) is 9.55. The number of carbonyl (C=O) groups is 3. The van der Waals surface area contributed by atoms with Crippen LogP contribution in [0, 0.1) is 0 Å². The number of thioether (sulfide) groups is 1. The van der Waals surface area contributed by atoms with Gasteiger partial charge in [-0.15, -0.1) is 0 Å². The van der Waals surface area contributed by atoms with Gasteiger partial charge in [0, 0.05) is 28.5 Å². The van der Waals surface area contributed by atoms with Crippen LogP contribution in [0.5, 0.6) is 0 Å². The number of rotatable bonds is 6. The Morgan fingerprint density at radius 2 is 1.85 bits per heavy atom. The molecule has 1 fully saturated rings. The predicted octanol–water partition coefficient (Wildman–Crippen LogP) is 3.82. The lowest BCUT2D eigenvalue weighted by Gasteiger charge is -2.22. The van der Waals surface area contributed by atoms with Crippen molar-refractivity contribution in [3.05, 3.63) is 59.2 Å². The van der Waals surface area contributed by atoms with E-state index in [9.17, 15) is 23.2 Å². The molecule has 0 bridgehead atoms. The van der Waals surface area contributed by atoms with Crippen LogP contribution in [-0.2, 0) is 20.2 Å². The van der Waals surface area contributed by atoms with Gasteiger partial charge < -0.3 is 15.0 Å². The van der Waals surface area contributed by atoms with Crippen molar-refractivity contribution in [2.75, 3.05) is 20.2 Å². The van der Waals surface area contributed by atoms with Crippen molar-refractivity contribution in [3.8, 4) is 11.1 Å². The number of hydrogen-bond donors (Lipinski definition) is 1. The first-order valence-corrected chi connectivity index (χ1v) is 12.0. The van der Waals surface area contributed by atoms with Crippen molar-refractivity contribution in [2.45, 2.75) is 42.7 Å². The van der Waals surface area contributed by atoms with Gasteiger partial charge in [-0.3, -0.25) is 9.59 Å². The lowest BCUT2D eigenvalue weighted by atomic mass is 10.0. The standard InChI is InChI=1S/C25H26F2N2O4S/c1-14(2)34-16-11-21(24(32)33-3)29(13-16)22(30)12-28-23(31)15-8-9-20-18(10-15)17-6-4-5-7-19(17)25(20,26)27/h4-10,14,16,21H,11-13H2,1-3H3,(H,28,31)/t16-,21+/m1/s1. The van der Waals surface area contributed by atoms with Gasteiger partial charge in [0.05, 0.1) is 13.7 Å². The van der Waals surface area contributed by atoms with Gasteiger partial charge in [0.1, 0.15) is 6.04 Å². The van der Waals surface area contributed by atoms with Crippen LogP contribution in [0.4, 0.5) is 8.78 Å². The van der Waals surface area contributed by atoms with Crippen LogP contribution in [0.1, 0.15) is 41.8 Å². The minimum absolute atomic E-state index is 0.0885. The van der Waals surface area contributed by atoms with Gasteiger partial charge in [0.2, 0.25) is 5.91 Å². The number of esters is 1. The lowest BCUT2D eigenvalue weighted by molar-refractivity contribution is -0.150. The second-order valence-electron chi connectivity index (χ2n) is 8.69. The molecule has 9 heteroatoms. The first-order chi connectivity index (χ1) is 16.1. The van der Waals surface area contributed by atoms with Crippen molar-refractivity contribution in [1.82, 2.24) is 10.2 Å². The molecule has 6 nitrogen and oxygen atoms in total. The highest BCUT2D eigenvalue weighted by Gasteiger charge is 2.44. The monoisotopic (exact) mass is 488 g/mol. The molecule has 2 amide bonds. The van der Waals surface area contributed by atoms with E-state index in [2.05, 4.69) is 5.32 Å². The Kier molecular flexibility index (Phi) is 6.66. The van der Waals surface area contributed by atoms with Crippen LogP contribution < -0.4 is 5.32 Å². The van der Waals surface area contributed by atoms with Crippen molar-refractivity contribution in [2.24, 2.45) is 0 Å². The summed E-state index contributed by atoms with van der Waals surface area (Å²) in [5.41, 5.74) is 0.638. The minimum atomic E-state index is -3.12. The summed E-state index contributed by atoms with van der Waals surface area (Å²) in [7, 11) is 1.28. The van der Waals surface area contributed by atoms with Crippen LogP contribution in [0.25, 0.3) is 11.1 Å². The van der Waals surface area contributed by atoms with Crippen molar-refractivity contribution < 1.29 is 27.9 Å². The third kappa shape index (κ3) is 4.41. The van der Waals surface area contributed by atoms with E-state index in [1.165, 1.54) is 36.3 Å². The molecule has 1 aliphatic carbocycles. The molecule has 1 heterocycles. The Balaban J connectivity index is 1.46. The Morgan fingerprint density at radius 3 is 2.56 bits per heavy atom. The number of nitrogens with zero attached hydrogens (tertiary/aromatic N) is 1. The van der Waals surface area contributed by atoms with Gasteiger partial charge in [0.15, 0.2) is 0 Å². The zero-order valence-electron chi connectivity index (χ0n) is 19.1. The van der Waals surface area contributed by atoms with Crippen LogP contribution >= 0.6 is 11.8 Å². The number of methoxy groups -OCH3 is 1. The van der Waals surface area contributed by atoms with E-state index in [0.29, 0.717) is 29.3 Å². The third-order valence-electron chi connectivity index (χ3n) is 6.10. The van der Waals surface area contributed by atoms with Crippen LogP contribution in [0.2, 0.25) is 0 Å². The number of benzene rings is 2. The summed E-state index contributed by atoms with van der Waals surface area (Å²) < 4.78 is 34.3. The molecular formula is C25H26F2N2O4S. The number of alkyl halides is 2. The average Bonchev–Trinajstić information content (AvgIpc) is 3.33. The highest BCUT2D eigenvalue weighted by Crippen LogP contribution is 2.50. The van der Waals surface area contributed by atoms with E-state index in [1.807, 2.05) is 13.8 Å². The SMILES string of the molecule is COC(=O)[C@@H]1C[C@@H](SC(C)C)CN1C(=O)CNC(=O)c1ccc2c(c1)-c1ccccc1C2(F)F. The van der Waals surface area contributed by atoms with E-state index in [1.54, 1.807) is 30.0 Å². The maximum absolute atomic E-state index is 14.7. The van der Waals surface area contributed by atoms with Crippen molar-refractivity contribution in [3.63, 3.8) is 0 Å². The fraction of sp³-hybridized carbons (Fsp3) is 0.400. The predicted molar refractivity (Wildman–Crippen MR) is 126 cm³/mol.